The average molecular weight is 334 g/mol. The molecule has 0 N–H and O–H groups in total. The van der Waals surface area contributed by atoms with E-state index in [0.717, 1.165) is 20.9 Å². The molecule has 1 aliphatic heterocycles. The molecule has 0 saturated carbocycles. The SMILES string of the molecule is Cc1ccc(S(=O)C2=CN(Cc3ccccc3)C=C(C#N)C2)cc1. The van der Waals surface area contributed by atoms with Gasteiger partial charge in [0.25, 0.3) is 0 Å². The predicted molar refractivity (Wildman–Crippen MR) is 96.0 cm³/mol. The van der Waals surface area contributed by atoms with Crippen molar-refractivity contribution in [1.29, 1.82) is 5.26 Å². The molecular weight excluding hydrogens is 316 g/mol. The molecule has 2 aromatic rings. The first-order chi connectivity index (χ1) is 11.7. The van der Waals surface area contributed by atoms with Gasteiger partial charge in [-0.15, -0.1) is 0 Å². The largest absolute Gasteiger partial charge is 0.348 e. The van der Waals surface area contributed by atoms with E-state index in [9.17, 15) is 9.47 Å². The van der Waals surface area contributed by atoms with Crippen molar-refractivity contribution in [1.82, 2.24) is 4.90 Å². The Balaban J connectivity index is 1.85. The number of allylic oxidation sites excluding steroid dienone is 2. The molecule has 0 amide bonds. The van der Waals surface area contributed by atoms with E-state index in [1.165, 1.54) is 0 Å². The molecule has 1 heterocycles. The third-order valence-corrected chi connectivity index (χ3v) is 5.25. The number of nitriles is 1. The van der Waals surface area contributed by atoms with Crippen LogP contribution in [-0.2, 0) is 17.3 Å². The van der Waals surface area contributed by atoms with Gasteiger partial charge in [0.1, 0.15) is 0 Å². The Hall–Kier alpha value is -2.64. The predicted octanol–water partition coefficient (Wildman–Crippen LogP) is 4.26. The van der Waals surface area contributed by atoms with Crippen LogP contribution < -0.4 is 0 Å². The second-order valence-corrected chi connectivity index (χ2v) is 7.31. The summed E-state index contributed by atoms with van der Waals surface area (Å²) in [5.74, 6) is 0. The van der Waals surface area contributed by atoms with E-state index in [0.29, 0.717) is 18.5 Å². The topological polar surface area (TPSA) is 44.1 Å². The van der Waals surface area contributed by atoms with Crippen molar-refractivity contribution in [2.24, 2.45) is 0 Å². The zero-order chi connectivity index (χ0) is 16.9. The second kappa shape index (κ2) is 7.29. The Labute approximate surface area is 145 Å². The first-order valence-corrected chi connectivity index (χ1v) is 8.90. The standard InChI is InChI=1S/C20H18N2OS/c1-16-7-9-19(10-8-16)24(23)20-11-18(12-21)14-22(15-20)13-17-5-3-2-4-6-17/h2-10,14-15H,11,13H2,1H3. The Bertz CT molecular complexity index is 845. The maximum Gasteiger partial charge on any atom is 0.0966 e. The summed E-state index contributed by atoms with van der Waals surface area (Å²) < 4.78 is 12.9. The van der Waals surface area contributed by atoms with Crippen LogP contribution in [0.4, 0.5) is 0 Å². The van der Waals surface area contributed by atoms with Crippen LogP contribution in [0.3, 0.4) is 0 Å². The van der Waals surface area contributed by atoms with Crippen LogP contribution in [-0.4, -0.2) is 9.11 Å². The minimum atomic E-state index is -1.25. The quantitative estimate of drug-likeness (QED) is 0.839. The van der Waals surface area contributed by atoms with E-state index in [-0.39, 0.29) is 0 Å². The molecule has 0 aliphatic carbocycles. The Morgan fingerprint density at radius 3 is 2.46 bits per heavy atom. The summed E-state index contributed by atoms with van der Waals surface area (Å²) in [6.45, 7) is 2.66. The fourth-order valence-corrected chi connectivity index (χ4v) is 3.79. The second-order valence-electron chi connectivity index (χ2n) is 5.78. The molecule has 0 radical (unpaired) electrons. The maximum absolute atomic E-state index is 12.9. The normalized spacial score (nSPS) is 15.2. The summed E-state index contributed by atoms with van der Waals surface area (Å²) in [5, 5.41) is 9.31. The third-order valence-electron chi connectivity index (χ3n) is 3.82. The Morgan fingerprint density at radius 1 is 1.08 bits per heavy atom. The Kier molecular flexibility index (Phi) is 4.93. The van der Waals surface area contributed by atoms with Crippen LogP contribution in [0.25, 0.3) is 0 Å². The van der Waals surface area contributed by atoms with Gasteiger partial charge in [0.15, 0.2) is 0 Å². The zero-order valence-electron chi connectivity index (χ0n) is 13.5. The molecule has 2 aromatic carbocycles. The van der Waals surface area contributed by atoms with Gasteiger partial charge in [-0.05, 0) is 24.6 Å². The van der Waals surface area contributed by atoms with Gasteiger partial charge < -0.3 is 4.90 Å². The number of nitrogens with zero attached hydrogens (tertiary/aromatic N) is 2. The van der Waals surface area contributed by atoms with Crippen molar-refractivity contribution in [3.63, 3.8) is 0 Å². The van der Waals surface area contributed by atoms with Crippen LogP contribution >= 0.6 is 0 Å². The van der Waals surface area contributed by atoms with Crippen molar-refractivity contribution in [3.05, 3.63) is 88.6 Å². The van der Waals surface area contributed by atoms with Gasteiger partial charge in [0.05, 0.1) is 22.4 Å². The highest BCUT2D eigenvalue weighted by Gasteiger charge is 2.18. The van der Waals surface area contributed by atoms with Crippen molar-refractivity contribution in [2.75, 3.05) is 0 Å². The van der Waals surface area contributed by atoms with Crippen LogP contribution in [0.5, 0.6) is 0 Å². The molecule has 24 heavy (non-hydrogen) atoms. The van der Waals surface area contributed by atoms with E-state index >= 15 is 0 Å². The van der Waals surface area contributed by atoms with Crippen molar-refractivity contribution < 1.29 is 4.21 Å². The highest BCUT2D eigenvalue weighted by molar-refractivity contribution is 7.89. The summed E-state index contributed by atoms with van der Waals surface area (Å²) in [5.41, 5.74) is 2.91. The van der Waals surface area contributed by atoms with E-state index < -0.39 is 10.8 Å². The van der Waals surface area contributed by atoms with E-state index in [1.54, 1.807) is 0 Å². The smallest absolute Gasteiger partial charge is 0.0966 e. The molecule has 0 aromatic heterocycles. The lowest BCUT2D eigenvalue weighted by Gasteiger charge is -2.23. The third kappa shape index (κ3) is 3.81. The highest BCUT2D eigenvalue weighted by Crippen LogP contribution is 2.26. The number of benzene rings is 2. The summed E-state index contributed by atoms with van der Waals surface area (Å²) in [6, 6.07) is 19.9. The van der Waals surface area contributed by atoms with Crippen LogP contribution in [0, 0.1) is 18.3 Å². The molecular formula is C20H18N2OS. The summed E-state index contributed by atoms with van der Waals surface area (Å²) in [4.78, 5) is 3.47. The van der Waals surface area contributed by atoms with Crippen LogP contribution in [0.1, 0.15) is 17.5 Å². The summed E-state index contributed by atoms with van der Waals surface area (Å²) >= 11 is 0. The van der Waals surface area contributed by atoms with Gasteiger partial charge in [0, 0.05) is 35.2 Å². The summed E-state index contributed by atoms with van der Waals surface area (Å²) in [7, 11) is -1.25. The van der Waals surface area contributed by atoms with Gasteiger partial charge in [-0.3, -0.25) is 0 Å². The highest BCUT2D eigenvalue weighted by atomic mass is 32.2. The first kappa shape index (κ1) is 16.2. The maximum atomic E-state index is 12.9. The molecule has 0 saturated heterocycles. The average Bonchev–Trinajstić information content (AvgIpc) is 2.62. The monoisotopic (exact) mass is 334 g/mol. The molecule has 0 bridgehead atoms. The molecule has 3 rings (SSSR count). The molecule has 1 aliphatic rings. The molecule has 3 nitrogen and oxygen atoms in total. The Morgan fingerprint density at radius 2 is 1.79 bits per heavy atom. The molecule has 0 spiro atoms. The van der Waals surface area contributed by atoms with Gasteiger partial charge >= 0.3 is 0 Å². The van der Waals surface area contributed by atoms with Crippen molar-refractivity contribution >= 4 is 10.8 Å². The number of hydrogen-bond acceptors (Lipinski definition) is 3. The van der Waals surface area contributed by atoms with Crippen LogP contribution in [0.15, 0.2) is 82.4 Å². The van der Waals surface area contributed by atoms with Gasteiger partial charge in [-0.2, -0.15) is 5.26 Å². The minimum absolute atomic E-state index is 0.433. The van der Waals surface area contributed by atoms with Gasteiger partial charge in [-0.1, -0.05) is 48.0 Å². The lowest BCUT2D eigenvalue weighted by atomic mass is 10.1. The fourth-order valence-electron chi connectivity index (χ4n) is 2.58. The van der Waals surface area contributed by atoms with Gasteiger partial charge in [-0.25, -0.2) is 4.21 Å². The minimum Gasteiger partial charge on any atom is -0.348 e. The number of rotatable bonds is 4. The zero-order valence-corrected chi connectivity index (χ0v) is 14.3. The summed E-state index contributed by atoms with van der Waals surface area (Å²) in [6.07, 6.45) is 4.18. The van der Waals surface area contributed by atoms with Crippen LogP contribution in [0.2, 0.25) is 0 Å². The van der Waals surface area contributed by atoms with Crippen molar-refractivity contribution in [3.8, 4) is 6.07 Å². The lowest BCUT2D eigenvalue weighted by molar-refractivity contribution is 0.487. The number of aryl methyl sites for hydroxylation is 1. The van der Waals surface area contributed by atoms with Gasteiger partial charge in [0.2, 0.25) is 0 Å². The molecule has 4 heteroatoms. The number of hydrogen-bond donors (Lipinski definition) is 0. The lowest BCUT2D eigenvalue weighted by Crippen LogP contribution is -2.16. The molecule has 1 unspecified atom stereocenters. The van der Waals surface area contributed by atoms with Crippen molar-refractivity contribution in [2.45, 2.75) is 24.8 Å². The molecule has 120 valence electrons. The van der Waals surface area contributed by atoms with E-state index in [4.69, 9.17) is 0 Å². The fraction of sp³-hybridized carbons (Fsp3) is 0.150. The molecule has 0 fully saturated rings. The first-order valence-electron chi connectivity index (χ1n) is 7.75. The van der Waals surface area contributed by atoms with E-state index in [1.807, 2.05) is 78.8 Å². The molecule has 1 atom stereocenters. The van der Waals surface area contributed by atoms with E-state index in [2.05, 4.69) is 6.07 Å².